The van der Waals surface area contributed by atoms with Crippen LogP contribution in [0, 0.1) is 52.8 Å². The van der Waals surface area contributed by atoms with Crippen molar-refractivity contribution in [2.24, 2.45) is 5.92 Å². The maximum atomic E-state index is 9.81. The quantitative estimate of drug-likeness (QED) is 0.698. The van der Waals surface area contributed by atoms with Crippen LogP contribution in [0.25, 0.3) is 5.73 Å². The van der Waals surface area contributed by atoms with Gasteiger partial charge in [-0.2, -0.15) is 0 Å². The van der Waals surface area contributed by atoms with Gasteiger partial charge in [0.25, 0.3) is 0 Å². The van der Waals surface area contributed by atoms with Crippen molar-refractivity contribution in [2.75, 3.05) is 0 Å². The molecule has 0 aliphatic carbocycles. The van der Waals surface area contributed by atoms with Gasteiger partial charge in [-0.1, -0.05) is 13.8 Å². The van der Waals surface area contributed by atoms with Crippen LogP contribution in [-0.2, 0) is 4.79 Å². The molecule has 3 heteroatoms. The molecule has 0 saturated carbocycles. The second-order valence-electron chi connectivity index (χ2n) is 1.52. The first kappa shape index (κ1) is 10.9. The van der Waals surface area contributed by atoms with E-state index in [0.29, 0.717) is 0 Å². The van der Waals surface area contributed by atoms with Gasteiger partial charge >= 0.3 is 0 Å². The van der Waals surface area contributed by atoms with Crippen molar-refractivity contribution in [1.82, 2.24) is 0 Å². The van der Waals surface area contributed by atoms with Crippen LogP contribution in [0.1, 0.15) is 13.8 Å². The normalized spacial score (nSPS) is 7.86. The Morgan fingerprint density at radius 2 is 1.71 bits per heavy atom. The molecular formula is C4H8NOYb-. The molecule has 0 aliphatic rings. The molecule has 0 spiro atoms. The second-order valence-corrected chi connectivity index (χ2v) is 1.52. The Balaban J connectivity index is 0. The summed E-state index contributed by atoms with van der Waals surface area (Å²) in [5, 5.41) is 0. The van der Waals surface area contributed by atoms with Gasteiger partial charge in [0.2, 0.25) is 0 Å². The number of rotatable bonds is 1. The summed E-state index contributed by atoms with van der Waals surface area (Å²) in [7, 11) is 0. The average Bonchev–Trinajstić information content (AvgIpc) is 1.36. The summed E-state index contributed by atoms with van der Waals surface area (Å²) < 4.78 is 0. The number of carbonyl (C=O) groups is 1. The zero-order valence-electron chi connectivity index (χ0n) is 4.25. The number of hydrogen-bond donors (Lipinski definition) is 0. The molecule has 0 aromatic carbocycles. The van der Waals surface area contributed by atoms with Crippen molar-refractivity contribution >= 4 is 5.91 Å². The summed E-state index contributed by atoms with van der Waals surface area (Å²) in [4.78, 5) is 9.81. The smallest absolute Gasteiger partial charge is 0.0513 e. The topological polar surface area (TPSA) is 40.9 Å². The molecule has 0 aliphatic heterocycles. The van der Waals surface area contributed by atoms with Crippen LogP contribution in [-0.4, -0.2) is 5.91 Å². The van der Waals surface area contributed by atoms with E-state index in [1.165, 1.54) is 0 Å². The molecule has 0 fully saturated rings. The maximum absolute atomic E-state index is 9.81. The summed E-state index contributed by atoms with van der Waals surface area (Å²) in [6.07, 6.45) is 0. The minimum Gasteiger partial charge on any atom is -0.668 e. The number of amides is 1. The molecule has 0 bridgehead atoms. The van der Waals surface area contributed by atoms with E-state index in [2.05, 4.69) is 0 Å². The third kappa shape index (κ3) is 6.99. The molecule has 7 heavy (non-hydrogen) atoms. The largest absolute Gasteiger partial charge is 0.668 e. The van der Waals surface area contributed by atoms with Gasteiger partial charge in [0.1, 0.15) is 0 Å². The predicted octanol–water partition coefficient (Wildman–Crippen LogP) is 1.22. The van der Waals surface area contributed by atoms with Crippen LogP contribution >= 0.6 is 0 Å². The van der Waals surface area contributed by atoms with E-state index >= 15 is 0 Å². The SMILES string of the molecule is CC(C)C([NH-])=O.[Yb]. The Bertz CT molecular complexity index is 62.7. The molecule has 1 amide bonds. The first-order valence-electron chi connectivity index (χ1n) is 1.90. The Morgan fingerprint density at radius 3 is 1.71 bits per heavy atom. The van der Waals surface area contributed by atoms with Gasteiger partial charge in [0, 0.05) is 46.9 Å². The van der Waals surface area contributed by atoms with E-state index in [-0.39, 0.29) is 52.8 Å². The van der Waals surface area contributed by atoms with E-state index in [1.54, 1.807) is 13.8 Å². The zero-order chi connectivity index (χ0) is 5.15. The number of nitrogens with one attached hydrogen (secondary N) is 1. The fourth-order valence-electron chi connectivity index (χ4n) is 0. The minimum atomic E-state index is -0.491. The number of hydrogen-bond acceptors (Lipinski definition) is 1. The van der Waals surface area contributed by atoms with E-state index in [1.807, 2.05) is 0 Å². The van der Waals surface area contributed by atoms with Crippen molar-refractivity contribution in [3.8, 4) is 0 Å². The van der Waals surface area contributed by atoms with E-state index in [4.69, 9.17) is 5.73 Å². The monoisotopic (exact) mass is 260 g/mol. The van der Waals surface area contributed by atoms with Crippen LogP contribution in [0.3, 0.4) is 0 Å². The summed E-state index contributed by atoms with van der Waals surface area (Å²) in [5.74, 6) is -0.611. The summed E-state index contributed by atoms with van der Waals surface area (Å²) in [6, 6.07) is 0. The predicted molar refractivity (Wildman–Crippen MR) is 24.2 cm³/mol. The van der Waals surface area contributed by atoms with Gasteiger partial charge < -0.3 is 10.5 Å². The van der Waals surface area contributed by atoms with Gasteiger partial charge in [-0.25, -0.2) is 0 Å². The molecule has 0 rings (SSSR count). The van der Waals surface area contributed by atoms with Crippen LogP contribution < -0.4 is 0 Å². The van der Waals surface area contributed by atoms with Crippen LogP contribution in [0.2, 0.25) is 0 Å². The molecular weight excluding hydrogens is 251 g/mol. The first-order chi connectivity index (χ1) is 2.64. The first-order valence-corrected chi connectivity index (χ1v) is 1.90. The third-order valence-electron chi connectivity index (χ3n) is 0.524. The molecule has 0 atom stereocenters. The summed E-state index contributed by atoms with van der Waals surface area (Å²) in [5.41, 5.74) is 6.39. The summed E-state index contributed by atoms with van der Waals surface area (Å²) >= 11 is 0. The van der Waals surface area contributed by atoms with Gasteiger partial charge in [-0.05, 0) is 5.92 Å². The molecule has 0 saturated heterocycles. The molecule has 2 nitrogen and oxygen atoms in total. The Labute approximate surface area is 82.1 Å². The zero-order valence-corrected chi connectivity index (χ0v) is 5.97. The van der Waals surface area contributed by atoms with E-state index < -0.39 is 5.91 Å². The van der Waals surface area contributed by atoms with Gasteiger partial charge in [-0.15, -0.1) is 0 Å². The Kier molecular flexibility index (Phi) is 7.98. The molecule has 0 radical (unpaired) electrons. The molecule has 0 heterocycles. The summed E-state index contributed by atoms with van der Waals surface area (Å²) in [6.45, 7) is 3.41. The van der Waals surface area contributed by atoms with Crippen molar-refractivity contribution in [1.29, 1.82) is 0 Å². The maximum Gasteiger partial charge on any atom is 0.0513 e. The van der Waals surface area contributed by atoms with Crippen LogP contribution in [0.4, 0.5) is 0 Å². The van der Waals surface area contributed by atoms with Gasteiger partial charge in [-0.3, -0.25) is 0 Å². The molecule has 0 unspecified atom stereocenters. The standard InChI is InChI=1S/C4H9NO.Yb/c1-3(2)4(5)6;/h3H,1-2H3,(H2,5,6);/p-1. The van der Waals surface area contributed by atoms with Crippen molar-refractivity contribution in [3.63, 3.8) is 0 Å². The van der Waals surface area contributed by atoms with Crippen LogP contribution in [0.5, 0.6) is 0 Å². The van der Waals surface area contributed by atoms with Crippen molar-refractivity contribution in [2.45, 2.75) is 13.8 Å². The Morgan fingerprint density at radius 1 is 1.57 bits per heavy atom. The van der Waals surface area contributed by atoms with E-state index in [0.717, 1.165) is 0 Å². The van der Waals surface area contributed by atoms with Gasteiger partial charge in [0.15, 0.2) is 0 Å². The second kappa shape index (κ2) is 5.13. The fraction of sp³-hybridized carbons (Fsp3) is 0.750. The number of carbonyl (C=O) groups excluding carboxylic acids is 1. The average molecular weight is 259 g/mol. The fourth-order valence-corrected chi connectivity index (χ4v) is 0. The minimum absolute atomic E-state index is 0. The molecule has 0 aromatic heterocycles. The third-order valence-corrected chi connectivity index (χ3v) is 0.524. The molecule has 0 aromatic rings. The van der Waals surface area contributed by atoms with Gasteiger partial charge in [0.05, 0.1) is 5.91 Å². The Hall–Kier alpha value is 0.989. The van der Waals surface area contributed by atoms with Crippen molar-refractivity contribution < 1.29 is 51.7 Å². The van der Waals surface area contributed by atoms with Crippen LogP contribution in [0.15, 0.2) is 0 Å². The van der Waals surface area contributed by atoms with E-state index in [9.17, 15) is 4.79 Å². The van der Waals surface area contributed by atoms with Crippen molar-refractivity contribution in [3.05, 3.63) is 5.73 Å². The molecule has 1 N–H and O–H groups in total. The molecule has 50 valence electrons.